The van der Waals surface area contributed by atoms with Crippen molar-refractivity contribution in [3.05, 3.63) is 29.1 Å². The van der Waals surface area contributed by atoms with E-state index in [4.69, 9.17) is 0 Å². The van der Waals surface area contributed by atoms with Crippen LogP contribution in [0.15, 0.2) is 12.3 Å². The van der Waals surface area contributed by atoms with Gasteiger partial charge in [-0.3, -0.25) is 34.4 Å². The normalized spacial score (nSPS) is 22.1. The third-order valence-electron chi connectivity index (χ3n) is 3.54. The van der Waals surface area contributed by atoms with Crippen molar-refractivity contribution in [1.82, 2.24) is 15.2 Å². The van der Waals surface area contributed by atoms with Crippen LogP contribution in [0.2, 0.25) is 0 Å². The lowest BCUT2D eigenvalue weighted by Crippen LogP contribution is -2.54. The molecule has 102 valence electrons. The molecule has 4 amide bonds. The van der Waals surface area contributed by atoms with Crippen LogP contribution in [-0.2, 0) is 9.59 Å². The van der Waals surface area contributed by atoms with Gasteiger partial charge >= 0.3 is 0 Å². The molecule has 0 aliphatic carbocycles. The molecule has 1 atom stereocenters. The number of carbonyl (C=O) groups excluding carboxylic acids is 4. The number of hydrogen-bond acceptors (Lipinski definition) is 5. The average Bonchev–Trinajstić information content (AvgIpc) is 2.64. The lowest BCUT2D eigenvalue weighted by molar-refractivity contribution is -0.136. The molecule has 0 spiro atoms. The molecule has 0 bridgehead atoms. The minimum Gasteiger partial charge on any atom is -0.295 e. The Morgan fingerprint density at radius 2 is 2.00 bits per heavy atom. The number of hydrogen-bond donors (Lipinski definition) is 1. The molecular weight excluding hydrogens is 262 g/mol. The fraction of sp³-hybridized carbons (Fsp3) is 0.308. The summed E-state index contributed by atoms with van der Waals surface area (Å²) in [6.45, 7) is 1.71. The highest BCUT2D eigenvalue weighted by molar-refractivity contribution is 6.23. The van der Waals surface area contributed by atoms with Gasteiger partial charge in [-0.1, -0.05) is 0 Å². The minimum atomic E-state index is -0.943. The topological polar surface area (TPSA) is 96.4 Å². The van der Waals surface area contributed by atoms with E-state index in [2.05, 4.69) is 10.3 Å². The van der Waals surface area contributed by atoms with E-state index in [1.165, 1.54) is 6.20 Å². The summed E-state index contributed by atoms with van der Waals surface area (Å²) in [6, 6.07) is 0.694. The van der Waals surface area contributed by atoms with E-state index in [-0.39, 0.29) is 24.1 Å². The van der Waals surface area contributed by atoms with Crippen LogP contribution in [0.25, 0.3) is 0 Å². The lowest BCUT2D eigenvalue weighted by Gasteiger charge is -2.27. The number of piperidine rings is 1. The van der Waals surface area contributed by atoms with Crippen molar-refractivity contribution in [1.29, 1.82) is 0 Å². The molecule has 3 heterocycles. The van der Waals surface area contributed by atoms with Gasteiger partial charge in [0.2, 0.25) is 11.8 Å². The van der Waals surface area contributed by atoms with Gasteiger partial charge in [-0.15, -0.1) is 0 Å². The predicted octanol–water partition coefficient (Wildman–Crippen LogP) is -0.209. The van der Waals surface area contributed by atoms with Gasteiger partial charge < -0.3 is 0 Å². The number of fused-ring (bicyclic) bond motifs is 1. The van der Waals surface area contributed by atoms with Crippen molar-refractivity contribution in [3.63, 3.8) is 0 Å². The monoisotopic (exact) mass is 273 g/mol. The van der Waals surface area contributed by atoms with Gasteiger partial charge in [0.05, 0.1) is 5.56 Å². The quantitative estimate of drug-likeness (QED) is 0.714. The van der Waals surface area contributed by atoms with Crippen molar-refractivity contribution in [2.24, 2.45) is 0 Å². The molecule has 1 fully saturated rings. The fourth-order valence-electron chi connectivity index (χ4n) is 2.53. The summed E-state index contributed by atoms with van der Waals surface area (Å²) in [5, 5.41) is 2.14. The highest BCUT2D eigenvalue weighted by atomic mass is 16.2. The molecule has 0 aromatic carbocycles. The first-order chi connectivity index (χ1) is 9.50. The van der Waals surface area contributed by atoms with Crippen LogP contribution in [-0.4, -0.2) is 39.6 Å². The summed E-state index contributed by atoms with van der Waals surface area (Å²) in [4.78, 5) is 52.4. The van der Waals surface area contributed by atoms with Crippen LogP contribution >= 0.6 is 0 Å². The largest absolute Gasteiger partial charge is 0.295 e. The van der Waals surface area contributed by atoms with Gasteiger partial charge in [-0.05, 0) is 25.0 Å². The van der Waals surface area contributed by atoms with Gasteiger partial charge in [0, 0.05) is 12.6 Å². The molecule has 1 unspecified atom stereocenters. The molecule has 2 aliphatic rings. The Kier molecular flexibility index (Phi) is 2.63. The van der Waals surface area contributed by atoms with E-state index in [0.29, 0.717) is 5.56 Å². The summed E-state index contributed by atoms with van der Waals surface area (Å²) in [6.07, 6.45) is 1.71. The van der Waals surface area contributed by atoms with Gasteiger partial charge in [0.25, 0.3) is 11.8 Å². The Morgan fingerprint density at radius 1 is 1.25 bits per heavy atom. The second-order valence-corrected chi connectivity index (χ2v) is 4.80. The molecule has 1 aromatic heterocycles. The van der Waals surface area contributed by atoms with Crippen LogP contribution in [0.4, 0.5) is 0 Å². The molecule has 7 nitrogen and oxygen atoms in total. The number of imide groups is 2. The second kappa shape index (κ2) is 4.22. The van der Waals surface area contributed by atoms with Crippen molar-refractivity contribution < 1.29 is 19.2 Å². The molecular formula is C13H11N3O4. The highest BCUT2D eigenvalue weighted by Gasteiger charge is 2.45. The van der Waals surface area contributed by atoms with Crippen molar-refractivity contribution >= 4 is 23.6 Å². The van der Waals surface area contributed by atoms with Gasteiger partial charge in [0.15, 0.2) is 0 Å². The average molecular weight is 273 g/mol. The Hall–Kier alpha value is -2.57. The van der Waals surface area contributed by atoms with Gasteiger partial charge in [-0.2, -0.15) is 0 Å². The molecule has 1 saturated heterocycles. The molecule has 1 N–H and O–H groups in total. The third-order valence-corrected chi connectivity index (χ3v) is 3.54. The maximum absolute atomic E-state index is 12.4. The van der Waals surface area contributed by atoms with Crippen LogP contribution < -0.4 is 5.32 Å². The Bertz CT molecular complexity index is 668. The SMILES string of the molecule is Cc1ccnc2c1C(=O)N(C1CCC(=O)NC1=O)C2=O. The van der Waals surface area contributed by atoms with E-state index in [1.54, 1.807) is 13.0 Å². The van der Waals surface area contributed by atoms with E-state index in [0.717, 1.165) is 4.90 Å². The number of nitrogens with zero attached hydrogens (tertiary/aromatic N) is 2. The van der Waals surface area contributed by atoms with Gasteiger partial charge in [-0.25, -0.2) is 0 Å². The molecule has 1 aromatic rings. The van der Waals surface area contributed by atoms with Crippen molar-refractivity contribution in [2.45, 2.75) is 25.8 Å². The first kappa shape index (κ1) is 12.5. The molecule has 7 heteroatoms. The van der Waals surface area contributed by atoms with Crippen LogP contribution in [0.5, 0.6) is 0 Å². The maximum Gasteiger partial charge on any atom is 0.280 e. The zero-order valence-corrected chi connectivity index (χ0v) is 10.7. The zero-order valence-electron chi connectivity index (χ0n) is 10.7. The van der Waals surface area contributed by atoms with Crippen LogP contribution in [0.1, 0.15) is 39.3 Å². The van der Waals surface area contributed by atoms with Crippen LogP contribution in [0, 0.1) is 6.92 Å². The predicted molar refractivity (Wildman–Crippen MR) is 65.6 cm³/mol. The number of aryl methyl sites for hydroxylation is 1. The highest BCUT2D eigenvalue weighted by Crippen LogP contribution is 2.27. The number of carbonyl (C=O) groups is 4. The van der Waals surface area contributed by atoms with E-state index in [1.807, 2.05) is 0 Å². The first-order valence-corrected chi connectivity index (χ1v) is 6.18. The fourth-order valence-corrected chi connectivity index (χ4v) is 2.53. The second-order valence-electron chi connectivity index (χ2n) is 4.80. The number of rotatable bonds is 1. The molecule has 20 heavy (non-hydrogen) atoms. The maximum atomic E-state index is 12.4. The summed E-state index contributed by atoms with van der Waals surface area (Å²) >= 11 is 0. The zero-order chi connectivity index (χ0) is 14.4. The smallest absolute Gasteiger partial charge is 0.280 e. The van der Waals surface area contributed by atoms with Crippen LogP contribution in [0.3, 0.4) is 0 Å². The molecule has 2 aliphatic heterocycles. The number of aromatic nitrogens is 1. The molecule has 0 radical (unpaired) electrons. The third kappa shape index (κ3) is 1.63. The minimum absolute atomic E-state index is 0.0692. The standard InChI is InChI=1S/C13H11N3O4/c1-6-4-5-14-10-9(6)12(19)16(13(10)20)7-2-3-8(17)15-11(7)18/h4-5,7H,2-3H2,1H3,(H,15,17,18). The van der Waals surface area contributed by atoms with E-state index < -0.39 is 29.7 Å². The van der Waals surface area contributed by atoms with Crippen molar-refractivity contribution in [3.8, 4) is 0 Å². The lowest BCUT2D eigenvalue weighted by atomic mass is 10.0. The summed E-state index contributed by atoms with van der Waals surface area (Å²) < 4.78 is 0. The summed E-state index contributed by atoms with van der Waals surface area (Å²) in [7, 11) is 0. The molecule has 3 rings (SSSR count). The van der Waals surface area contributed by atoms with E-state index in [9.17, 15) is 19.2 Å². The molecule has 0 saturated carbocycles. The number of amides is 4. The Balaban J connectivity index is 2.00. The first-order valence-electron chi connectivity index (χ1n) is 6.18. The number of pyridine rings is 1. The van der Waals surface area contributed by atoms with Crippen molar-refractivity contribution in [2.75, 3.05) is 0 Å². The number of nitrogens with one attached hydrogen (secondary N) is 1. The summed E-state index contributed by atoms with van der Waals surface area (Å²) in [5.74, 6) is -2.11. The Labute approximate surface area is 114 Å². The summed E-state index contributed by atoms with van der Waals surface area (Å²) in [5.41, 5.74) is 0.949. The van der Waals surface area contributed by atoms with E-state index >= 15 is 0 Å². The van der Waals surface area contributed by atoms with Gasteiger partial charge in [0.1, 0.15) is 11.7 Å². The Morgan fingerprint density at radius 3 is 2.65 bits per heavy atom.